The Morgan fingerprint density at radius 3 is 3.00 bits per heavy atom. The van der Waals surface area contributed by atoms with Gasteiger partial charge in [-0.15, -0.1) is 0 Å². The van der Waals surface area contributed by atoms with Crippen molar-refractivity contribution in [3.8, 4) is 5.82 Å². The van der Waals surface area contributed by atoms with Crippen LogP contribution in [0.15, 0.2) is 48.8 Å². The van der Waals surface area contributed by atoms with Gasteiger partial charge in [0.1, 0.15) is 6.33 Å². The van der Waals surface area contributed by atoms with Gasteiger partial charge in [0.05, 0.1) is 16.6 Å². The maximum atomic E-state index is 11.9. The average Bonchev–Trinajstić information content (AvgIpc) is 3.17. The number of hydrogen-bond donors (Lipinski definition) is 2. The number of para-hydroxylation sites is 1. The Morgan fingerprint density at radius 1 is 1.26 bits per heavy atom. The van der Waals surface area contributed by atoms with Crippen LogP contribution in [0.5, 0.6) is 0 Å². The van der Waals surface area contributed by atoms with Crippen molar-refractivity contribution < 1.29 is 4.79 Å². The van der Waals surface area contributed by atoms with Crippen LogP contribution in [-0.4, -0.2) is 32.2 Å². The molecule has 2 heterocycles. The summed E-state index contributed by atoms with van der Waals surface area (Å²) >= 11 is 0. The van der Waals surface area contributed by atoms with E-state index in [9.17, 15) is 4.79 Å². The molecular formula is C17H15N5O. The van der Waals surface area contributed by atoms with Crippen LogP contribution in [0.1, 0.15) is 17.3 Å². The van der Waals surface area contributed by atoms with E-state index in [1.54, 1.807) is 18.5 Å². The van der Waals surface area contributed by atoms with Gasteiger partial charge in [-0.25, -0.2) is 4.98 Å². The van der Waals surface area contributed by atoms with Gasteiger partial charge in [-0.1, -0.05) is 12.1 Å². The Hall–Kier alpha value is -3.15. The lowest BCUT2D eigenvalue weighted by Crippen LogP contribution is -2.22. The van der Waals surface area contributed by atoms with E-state index in [0.717, 1.165) is 27.8 Å². The summed E-state index contributed by atoms with van der Waals surface area (Å²) in [5.74, 6) is 0.711. The average molecular weight is 305 g/mol. The minimum absolute atomic E-state index is 0.0887. The molecule has 0 aliphatic heterocycles. The fourth-order valence-corrected chi connectivity index (χ4v) is 2.72. The summed E-state index contributed by atoms with van der Waals surface area (Å²) in [5.41, 5.74) is 3.26. The second kappa shape index (κ2) is 5.24. The number of amides is 1. The topological polar surface area (TPSA) is 75.6 Å². The molecule has 4 rings (SSSR count). The minimum atomic E-state index is -0.0887. The summed E-state index contributed by atoms with van der Waals surface area (Å²) in [6.07, 6.45) is 1.73. The van der Waals surface area contributed by atoms with E-state index >= 15 is 0 Å². The second-order valence-corrected chi connectivity index (χ2v) is 5.27. The van der Waals surface area contributed by atoms with Crippen LogP contribution in [-0.2, 0) is 0 Å². The minimum Gasteiger partial charge on any atom is -0.352 e. The third-order valence-electron chi connectivity index (χ3n) is 3.83. The fraction of sp³-hybridized carbons (Fsp3) is 0.118. The molecule has 0 saturated carbocycles. The van der Waals surface area contributed by atoms with E-state index in [-0.39, 0.29) is 5.91 Å². The maximum Gasteiger partial charge on any atom is 0.251 e. The van der Waals surface area contributed by atoms with Gasteiger partial charge in [-0.3, -0.25) is 14.5 Å². The molecule has 0 unspecified atom stereocenters. The highest BCUT2D eigenvalue weighted by Crippen LogP contribution is 2.23. The van der Waals surface area contributed by atoms with Crippen molar-refractivity contribution in [3.63, 3.8) is 0 Å². The highest BCUT2D eigenvalue weighted by atomic mass is 16.1. The van der Waals surface area contributed by atoms with Gasteiger partial charge in [-0.05, 0) is 37.3 Å². The standard InChI is InChI=1S/C17H15N5O/c1-2-18-17(23)11-7-8-15-14(9-11)19-10-22(15)16-12-5-3-4-6-13(12)20-21-16/h3-10H,2H2,1H3,(H,18,23)(H,20,21). The Kier molecular flexibility index (Phi) is 3.08. The molecule has 23 heavy (non-hydrogen) atoms. The number of benzene rings is 2. The molecule has 0 bridgehead atoms. The number of carbonyl (C=O) groups is 1. The molecule has 6 nitrogen and oxygen atoms in total. The molecule has 0 aliphatic rings. The van der Waals surface area contributed by atoms with E-state index in [0.29, 0.717) is 12.1 Å². The number of fused-ring (bicyclic) bond motifs is 2. The molecule has 6 heteroatoms. The zero-order chi connectivity index (χ0) is 15.8. The predicted molar refractivity (Wildman–Crippen MR) is 88.7 cm³/mol. The second-order valence-electron chi connectivity index (χ2n) is 5.27. The van der Waals surface area contributed by atoms with Crippen LogP contribution in [0, 0.1) is 0 Å². The summed E-state index contributed by atoms with van der Waals surface area (Å²) in [7, 11) is 0. The summed E-state index contributed by atoms with van der Waals surface area (Å²) < 4.78 is 1.93. The van der Waals surface area contributed by atoms with Crippen LogP contribution in [0.3, 0.4) is 0 Å². The van der Waals surface area contributed by atoms with Crippen molar-refractivity contribution in [1.82, 2.24) is 25.1 Å². The maximum absolute atomic E-state index is 11.9. The molecule has 114 valence electrons. The third kappa shape index (κ3) is 2.15. The number of aromatic nitrogens is 4. The van der Waals surface area contributed by atoms with Crippen molar-refractivity contribution in [2.45, 2.75) is 6.92 Å². The molecule has 4 aromatic rings. The van der Waals surface area contributed by atoms with E-state index in [1.165, 1.54) is 0 Å². The first-order valence-electron chi connectivity index (χ1n) is 7.46. The monoisotopic (exact) mass is 305 g/mol. The highest BCUT2D eigenvalue weighted by Gasteiger charge is 2.12. The van der Waals surface area contributed by atoms with E-state index in [1.807, 2.05) is 41.8 Å². The third-order valence-corrected chi connectivity index (χ3v) is 3.83. The van der Waals surface area contributed by atoms with Gasteiger partial charge in [0, 0.05) is 17.5 Å². The first kappa shape index (κ1) is 13.5. The molecule has 2 N–H and O–H groups in total. The molecule has 0 aliphatic carbocycles. The number of carbonyl (C=O) groups excluding carboxylic acids is 1. The smallest absolute Gasteiger partial charge is 0.251 e. The Balaban J connectivity index is 1.84. The van der Waals surface area contributed by atoms with Crippen molar-refractivity contribution >= 4 is 27.8 Å². The van der Waals surface area contributed by atoms with Gasteiger partial charge in [0.15, 0.2) is 5.82 Å². The van der Waals surface area contributed by atoms with Crippen molar-refractivity contribution in [2.75, 3.05) is 6.54 Å². The number of H-pyrrole nitrogens is 1. The molecule has 1 amide bonds. The lowest BCUT2D eigenvalue weighted by Gasteiger charge is -2.03. The molecule has 0 atom stereocenters. The highest BCUT2D eigenvalue weighted by molar-refractivity contribution is 5.98. The van der Waals surface area contributed by atoms with Crippen molar-refractivity contribution in [2.24, 2.45) is 0 Å². The SMILES string of the molecule is CCNC(=O)c1ccc2c(c1)ncn2-c1n[nH]c2ccccc12. The van der Waals surface area contributed by atoms with Crippen LogP contribution >= 0.6 is 0 Å². The van der Waals surface area contributed by atoms with Crippen molar-refractivity contribution in [3.05, 3.63) is 54.4 Å². The van der Waals surface area contributed by atoms with E-state index in [4.69, 9.17) is 0 Å². The molecule has 0 fully saturated rings. The van der Waals surface area contributed by atoms with Crippen LogP contribution in [0.2, 0.25) is 0 Å². The lowest BCUT2D eigenvalue weighted by molar-refractivity contribution is 0.0956. The lowest BCUT2D eigenvalue weighted by atomic mass is 10.2. The zero-order valence-electron chi connectivity index (χ0n) is 12.6. The summed E-state index contributed by atoms with van der Waals surface area (Å²) in [6.45, 7) is 2.50. The van der Waals surface area contributed by atoms with Crippen LogP contribution in [0.25, 0.3) is 27.8 Å². The van der Waals surface area contributed by atoms with Crippen LogP contribution in [0.4, 0.5) is 0 Å². The van der Waals surface area contributed by atoms with Gasteiger partial charge < -0.3 is 5.32 Å². The normalized spacial score (nSPS) is 11.2. The Morgan fingerprint density at radius 2 is 2.13 bits per heavy atom. The fourth-order valence-electron chi connectivity index (χ4n) is 2.72. The summed E-state index contributed by atoms with van der Waals surface area (Å²) in [5, 5.41) is 11.2. The summed E-state index contributed by atoms with van der Waals surface area (Å²) in [4.78, 5) is 16.3. The quantitative estimate of drug-likeness (QED) is 0.611. The number of rotatable bonds is 3. The molecule has 2 aromatic heterocycles. The first-order chi connectivity index (χ1) is 11.3. The molecule has 0 radical (unpaired) electrons. The van der Waals surface area contributed by atoms with E-state index < -0.39 is 0 Å². The van der Waals surface area contributed by atoms with E-state index in [2.05, 4.69) is 20.5 Å². The van der Waals surface area contributed by atoms with Gasteiger partial charge in [0.25, 0.3) is 5.91 Å². The molecule has 0 spiro atoms. The number of hydrogen-bond acceptors (Lipinski definition) is 3. The summed E-state index contributed by atoms with van der Waals surface area (Å²) in [6, 6.07) is 13.5. The number of aromatic amines is 1. The molecule has 2 aromatic carbocycles. The number of imidazole rings is 1. The largest absolute Gasteiger partial charge is 0.352 e. The van der Waals surface area contributed by atoms with Gasteiger partial charge in [-0.2, -0.15) is 5.10 Å². The predicted octanol–water partition coefficient (Wildman–Crippen LogP) is 2.65. The first-order valence-corrected chi connectivity index (χ1v) is 7.46. The van der Waals surface area contributed by atoms with Gasteiger partial charge >= 0.3 is 0 Å². The zero-order valence-corrected chi connectivity index (χ0v) is 12.6. The van der Waals surface area contributed by atoms with Crippen LogP contribution < -0.4 is 5.32 Å². The van der Waals surface area contributed by atoms with Crippen molar-refractivity contribution in [1.29, 1.82) is 0 Å². The number of nitrogens with zero attached hydrogens (tertiary/aromatic N) is 3. The Labute approximate surface area is 132 Å². The molecule has 0 saturated heterocycles. The number of nitrogens with one attached hydrogen (secondary N) is 2. The molecular weight excluding hydrogens is 290 g/mol. The van der Waals surface area contributed by atoms with Gasteiger partial charge in [0.2, 0.25) is 0 Å². The Bertz CT molecular complexity index is 1010.